The highest BCUT2D eigenvalue weighted by Gasteiger charge is 2.13. The second-order valence-corrected chi connectivity index (χ2v) is 3.60. The Kier molecular flexibility index (Phi) is 2.55. The lowest BCUT2D eigenvalue weighted by molar-refractivity contribution is 0.356. The molecule has 0 spiro atoms. The van der Waals surface area contributed by atoms with Crippen molar-refractivity contribution >= 4 is 0 Å². The summed E-state index contributed by atoms with van der Waals surface area (Å²) >= 11 is 0. The molecule has 1 aromatic rings. The highest BCUT2D eigenvalue weighted by molar-refractivity contribution is 5.41. The van der Waals surface area contributed by atoms with Crippen molar-refractivity contribution in [2.45, 2.75) is 18.9 Å². The second kappa shape index (κ2) is 3.84. The third-order valence-corrected chi connectivity index (χ3v) is 2.57. The summed E-state index contributed by atoms with van der Waals surface area (Å²) in [6, 6.07) is 6.29. The number of hydrogen-bond acceptors (Lipinski definition) is 2. The van der Waals surface area contributed by atoms with Gasteiger partial charge >= 0.3 is 0 Å². The van der Waals surface area contributed by atoms with Gasteiger partial charge in [-0.2, -0.15) is 0 Å². The van der Waals surface area contributed by atoms with E-state index in [2.05, 4.69) is 24.8 Å². The zero-order valence-electron chi connectivity index (χ0n) is 8.20. The zero-order valence-corrected chi connectivity index (χ0v) is 8.20. The summed E-state index contributed by atoms with van der Waals surface area (Å²) in [6.45, 7) is 4.49. The van der Waals surface area contributed by atoms with Crippen LogP contribution in [0.5, 0.6) is 5.75 Å². The molecule has 14 heavy (non-hydrogen) atoms. The van der Waals surface area contributed by atoms with Crippen LogP contribution in [-0.2, 0) is 6.42 Å². The molecule has 0 unspecified atom stereocenters. The summed E-state index contributed by atoms with van der Waals surface area (Å²) in [5.41, 5.74) is 8.39. The Morgan fingerprint density at radius 3 is 3.21 bits per heavy atom. The molecule has 0 radical (unpaired) electrons. The van der Waals surface area contributed by atoms with Crippen LogP contribution in [0, 0.1) is 0 Å². The molecule has 0 bridgehead atoms. The first-order chi connectivity index (χ1) is 6.81. The number of rotatable bonds is 3. The summed E-state index contributed by atoms with van der Waals surface area (Å²) in [5, 5.41) is 0. The topological polar surface area (TPSA) is 35.2 Å². The van der Waals surface area contributed by atoms with Crippen LogP contribution in [-0.4, -0.2) is 6.61 Å². The van der Waals surface area contributed by atoms with Gasteiger partial charge in [0.1, 0.15) is 5.75 Å². The van der Waals surface area contributed by atoms with Gasteiger partial charge in [0.15, 0.2) is 0 Å². The van der Waals surface area contributed by atoms with Gasteiger partial charge in [0.05, 0.1) is 6.61 Å². The van der Waals surface area contributed by atoms with Gasteiger partial charge in [0.2, 0.25) is 0 Å². The van der Waals surface area contributed by atoms with E-state index in [9.17, 15) is 0 Å². The van der Waals surface area contributed by atoms with Crippen molar-refractivity contribution in [1.82, 2.24) is 0 Å². The van der Waals surface area contributed by atoms with E-state index in [4.69, 9.17) is 10.5 Å². The fourth-order valence-corrected chi connectivity index (χ4v) is 1.73. The minimum Gasteiger partial charge on any atom is -0.493 e. The Balaban J connectivity index is 2.23. The maximum absolute atomic E-state index is 5.97. The quantitative estimate of drug-likeness (QED) is 0.740. The Labute approximate surface area is 84.4 Å². The number of nitrogens with two attached hydrogens (primary N) is 1. The fraction of sp³-hybridized carbons (Fsp3) is 0.333. The predicted molar refractivity (Wildman–Crippen MR) is 57.4 cm³/mol. The van der Waals surface area contributed by atoms with Crippen LogP contribution in [0.2, 0.25) is 0 Å². The number of ether oxygens (including phenoxy) is 1. The van der Waals surface area contributed by atoms with Crippen molar-refractivity contribution in [2.24, 2.45) is 5.73 Å². The number of hydrogen-bond donors (Lipinski definition) is 1. The number of fused-ring (bicyclic) bond motifs is 1. The van der Waals surface area contributed by atoms with Crippen LogP contribution in [0.15, 0.2) is 30.9 Å². The van der Waals surface area contributed by atoms with E-state index >= 15 is 0 Å². The fourth-order valence-electron chi connectivity index (χ4n) is 1.73. The summed E-state index contributed by atoms with van der Waals surface area (Å²) in [6.07, 6.45) is 3.67. The smallest absolute Gasteiger partial charge is 0.122 e. The summed E-state index contributed by atoms with van der Waals surface area (Å²) < 4.78 is 5.49. The molecule has 2 nitrogen and oxygen atoms in total. The molecular weight excluding hydrogens is 174 g/mol. The lowest BCUT2D eigenvalue weighted by Crippen LogP contribution is -2.08. The monoisotopic (exact) mass is 189 g/mol. The lowest BCUT2D eigenvalue weighted by atomic mass is 10.0. The molecule has 2 heteroatoms. The molecule has 0 aromatic heterocycles. The Bertz CT molecular complexity index is 346. The molecule has 1 atom stereocenters. The normalized spacial score (nSPS) is 15.8. The summed E-state index contributed by atoms with van der Waals surface area (Å²) in [7, 11) is 0. The van der Waals surface area contributed by atoms with E-state index in [0.717, 1.165) is 30.8 Å². The summed E-state index contributed by atoms with van der Waals surface area (Å²) in [5.74, 6) is 1.00. The van der Waals surface area contributed by atoms with Crippen LogP contribution < -0.4 is 10.5 Å². The molecule has 1 aliphatic rings. The van der Waals surface area contributed by atoms with Crippen LogP contribution in [0.3, 0.4) is 0 Å². The third kappa shape index (κ3) is 1.66. The standard InChI is InChI=1S/C12H15NO/c1-2-3-11(13)10-5-4-9-6-7-14-12(9)8-10/h2,4-5,8,11H,1,3,6-7,13H2/t11-/m1/s1. The number of benzene rings is 1. The van der Waals surface area contributed by atoms with E-state index in [-0.39, 0.29) is 6.04 Å². The molecule has 2 rings (SSSR count). The molecule has 1 aliphatic heterocycles. The first-order valence-electron chi connectivity index (χ1n) is 4.93. The molecule has 0 amide bonds. The van der Waals surface area contributed by atoms with Crippen LogP contribution in [0.1, 0.15) is 23.6 Å². The van der Waals surface area contributed by atoms with E-state index in [1.165, 1.54) is 5.56 Å². The third-order valence-electron chi connectivity index (χ3n) is 2.57. The average molecular weight is 189 g/mol. The van der Waals surface area contributed by atoms with Gasteiger partial charge in [0, 0.05) is 12.5 Å². The molecule has 0 aliphatic carbocycles. The minimum absolute atomic E-state index is 0.0435. The van der Waals surface area contributed by atoms with Crippen LogP contribution in [0.4, 0.5) is 0 Å². The molecule has 74 valence electrons. The molecule has 2 N–H and O–H groups in total. The van der Waals surface area contributed by atoms with Gasteiger partial charge in [-0.1, -0.05) is 18.2 Å². The maximum atomic E-state index is 5.97. The lowest BCUT2D eigenvalue weighted by Gasteiger charge is -2.10. The minimum atomic E-state index is 0.0435. The molecule has 1 aromatic carbocycles. The van der Waals surface area contributed by atoms with Crippen molar-refractivity contribution in [3.63, 3.8) is 0 Å². The van der Waals surface area contributed by atoms with Gasteiger partial charge in [0.25, 0.3) is 0 Å². The van der Waals surface area contributed by atoms with Gasteiger partial charge in [-0.05, 0) is 23.6 Å². The van der Waals surface area contributed by atoms with Crippen LogP contribution in [0.25, 0.3) is 0 Å². The van der Waals surface area contributed by atoms with E-state index in [0.29, 0.717) is 0 Å². The Morgan fingerprint density at radius 1 is 1.57 bits per heavy atom. The van der Waals surface area contributed by atoms with Crippen molar-refractivity contribution < 1.29 is 4.74 Å². The highest BCUT2D eigenvalue weighted by Crippen LogP contribution is 2.28. The Morgan fingerprint density at radius 2 is 2.43 bits per heavy atom. The first-order valence-corrected chi connectivity index (χ1v) is 4.93. The second-order valence-electron chi connectivity index (χ2n) is 3.60. The van der Waals surface area contributed by atoms with Crippen molar-refractivity contribution in [3.05, 3.63) is 42.0 Å². The van der Waals surface area contributed by atoms with Crippen molar-refractivity contribution in [1.29, 1.82) is 0 Å². The van der Waals surface area contributed by atoms with Crippen LogP contribution >= 0.6 is 0 Å². The Hall–Kier alpha value is -1.28. The predicted octanol–water partition coefficient (Wildman–Crippen LogP) is 2.20. The van der Waals surface area contributed by atoms with Gasteiger partial charge in [-0.3, -0.25) is 0 Å². The highest BCUT2D eigenvalue weighted by atomic mass is 16.5. The molecule has 0 saturated carbocycles. The van der Waals surface area contributed by atoms with Crippen molar-refractivity contribution in [2.75, 3.05) is 6.61 Å². The van der Waals surface area contributed by atoms with E-state index in [1.54, 1.807) is 0 Å². The first kappa shape index (κ1) is 9.28. The molecule has 0 saturated heterocycles. The van der Waals surface area contributed by atoms with E-state index in [1.807, 2.05) is 6.08 Å². The molecular formula is C12H15NO. The van der Waals surface area contributed by atoms with Crippen molar-refractivity contribution in [3.8, 4) is 5.75 Å². The average Bonchev–Trinajstić information content (AvgIpc) is 2.64. The van der Waals surface area contributed by atoms with Gasteiger partial charge in [-0.15, -0.1) is 6.58 Å². The summed E-state index contributed by atoms with van der Waals surface area (Å²) in [4.78, 5) is 0. The van der Waals surface area contributed by atoms with E-state index < -0.39 is 0 Å². The molecule has 1 heterocycles. The molecule has 0 fully saturated rings. The zero-order chi connectivity index (χ0) is 9.97. The van der Waals surface area contributed by atoms with Gasteiger partial charge in [-0.25, -0.2) is 0 Å². The largest absolute Gasteiger partial charge is 0.493 e. The SMILES string of the molecule is C=CC[C@@H](N)c1ccc2c(c1)OCC2. The van der Waals surface area contributed by atoms with Gasteiger partial charge < -0.3 is 10.5 Å². The maximum Gasteiger partial charge on any atom is 0.122 e.